The molecule has 2 fully saturated rings. The number of ether oxygens (including phenoxy) is 1. The van der Waals surface area contributed by atoms with E-state index < -0.39 is 6.16 Å². The van der Waals surface area contributed by atoms with Crippen LogP contribution in [0.3, 0.4) is 0 Å². The minimum absolute atomic E-state index is 0.389. The summed E-state index contributed by atoms with van der Waals surface area (Å²) in [4.78, 5) is 10.2. The number of hydrogen-bond donors (Lipinski definition) is 1. The summed E-state index contributed by atoms with van der Waals surface area (Å²) >= 11 is 0. The maximum atomic E-state index is 10.2. The summed E-state index contributed by atoms with van der Waals surface area (Å²) in [5.41, 5.74) is 0. The Balaban J connectivity index is 0.000000469. The fourth-order valence-electron chi connectivity index (χ4n) is 4.47. The van der Waals surface area contributed by atoms with Crippen molar-refractivity contribution in [2.75, 3.05) is 6.61 Å². The van der Waals surface area contributed by atoms with Crippen LogP contribution in [0.25, 0.3) is 0 Å². The molecule has 162 valence electrons. The molecular weight excluding hydrogens is 336 g/mol. The molecule has 3 nitrogen and oxygen atoms in total. The molecular formula is C24H48O3. The van der Waals surface area contributed by atoms with Crippen molar-refractivity contribution in [3.05, 3.63) is 0 Å². The Hall–Kier alpha value is -0.730. The molecule has 0 aromatic rings. The van der Waals surface area contributed by atoms with Crippen LogP contribution in [0.15, 0.2) is 0 Å². The van der Waals surface area contributed by atoms with Crippen LogP contribution in [0.4, 0.5) is 4.79 Å². The second-order valence-corrected chi connectivity index (χ2v) is 9.03. The van der Waals surface area contributed by atoms with Gasteiger partial charge in [-0.25, -0.2) is 4.79 Å². The first kappa shape index (κ1) is 26.3. The molecule has 2 rings (SSSR count). The van der Waals surface area contributed by atoms with Crippen molar-refractivity contribution >= 4 is 6.16 Å². The molecule has 0 atom stereocenters. The molecule has 0 aromatic carbocycles. The van der Waals surface area contributed by atoms with Crippen molar-refractivity contribution in [2.24, 2.45) is 35.5 Å². The quantitative estimate of drug-likeness (QED) is 0.488. The van der Waals surface area contributed by atoms with Gasteiger partial charge in [0.2, 0.25) is 0 Å². The molecule has 0 spiro atoms. The van der Waals surface area contributed by atoms with E-state index >= 15 is 0 Å². The van der Waals surface area contributed by atoms with Crippen LogP contribution in [0, 0.1) is 35.5 Å². The van der Waals surface area contributed by atoms with Crippen LogP contribution >= 0.6 is 0 Å². The van der Waals surface area contributed by atoms with Gasteiger partial charge < -0.3 is 9.84 Å². The van der Waals surface area contributed by atoms with E-state index in [-0.39, 0.29) is 0 Å². The van der Waals surface area contributed by atoms with Crippen LogP contribution in [-0.2, 0) is 4.74 Å². The number of carbonyl (C=O) groups is 1. The number of hydrogen-bond acceptors (Lipinski definition) is 2. The standard InChI is InChI=1S/C11H20O3.C11H22.C2H6/c1-8(2)10-5-3-9(4-6-10)7-14-11(12)13;1-4-10-5-7-11(8-6-10)9(2)3;1-2/h8-10H,3-7H2,1-2H3,(H,12,13);9-11H,4-8H2,1-3H3;1-2H3. The zero-order chi connectivity index (χ0) is 20.8. The van der Waals surface area contributed by atoms with Crippen molar-refractivity contribution in [3.8, 4) is 0 Å². The van der Waals surface area contributed by atoms with Crippen LogP contribution in [0.2, 0.25) is 0 Å². The third-order valence-corrected chi connectivity index (χ3v) is 6.69. The summed E-state index contributed by atoms with van der Waals surface area (Å²) < 4.78 is 4.59. The summed E-state index contributed by atoms with van der Waals surface area (Å²) in [7, 11) is 0. The molecule has 0 amide bonds. The topological polar surface area (TPSA) is 46.5 Å². The Labute approximate surface area is 169 Å². The third kappa shape index (κ3) is 11.7. The van der Waals surface area contributed by atoms with E-state index in [4.69, 9.17) is 5.11 Å². The number of rotatable bonds is 5. The van der Waals surface area contributed by atoms with Gasteiger partial charge in [-0.1, -0.05) is 67.7 Å². The summed E-state index contributed by atoms with van der Waals surface area (Å²) in [6.07, 6.45) is 11.0. The fourth-order valence-corrected chi connectivity index (χ4v) is 4.47. The minimum Gasteiger partial charge on any atom is -0.450 e. The molecule has 27 heavy (non-hydrogen) atoms. The van der Waals surface area contributed by atoms with Crippen molar-refractivity contribution < 1.29 is 14.6 Å². The molecule has 0 heterocycles. The Morgan fingerprint density at radius 2 is 1.19 bits per heavy atom. The lowest BCUT2D eigenvalue weighted by molar-refractivity contribution is 0.0640. The van der Waals surface area contributed by atoms with Crippen molar-refractivity contribution in [2.45, 2.75) is 106 Å². The van der Waals surface area contributed by atoms with Gasteiger partial charge in [0, 0.05) is 0 Å². The van der Waals surface area contributed by atoms with Gasteiger partial charge in [0.25, 0.3) is 0 Å². The van der Waals surface area contributed by atoms with Crippen molar-refractivity contribution in [1.29, 1.82) is 0 Å². The summed E-state index contributed by atoms with van der Waals surface area (Å²) in [5, 5.41) is 8.36. The molecule has 0 bridgehead atoms. The smallest absolute Gasteiger partial charge is 0.450 e. The molecule has 2 saturated carbocycles. The maximum absolute atomic E-state index is 10.2. The lowest BCUT2D eigenvalue weighted by atomic mass is 9.76. The predicted octanol–water partition coefficient (Wildman–Crippen LogP) is 8.03. The SMILES string of the molecule is CC.CC(C)C1CCC(COC(=O)O)CC1.CCC1CCC(C(C)C)CC1. The van der Waals surface area contributed by atoms with Crippen LogP contribution in [-0.4, -0.2) is 17.9 Å². The Morgan fingerprint density at radius 1 is 0.815 bits per heavy atom. The molecule has 0 unspecified atom stereocenters. The molecule has 0 aromatic heterocycles. The molecule has 2 aliphatic carbocycles. The Bertz CT molecular complexity index is 349. The van der Waals surface area contributed by atoms with E-state index in [1.54, 1.807) is 0 Å². The third-order valence-electron chi connectivity index (χ3n) is 6.69. The molecule has 2 aliphatic rings. The van der Waals surface area contributed by atoms with Gasteiger partial charge in [-0.2, -0.15) is 0 Å². The van der Waals surface area contributed by atoms with Gasteiger partial charge in [-0.05, 0) is 74.0 Å². The predicted molar refractivity (Wildman–Crippen MR) is 116 cm³/mol. The van der Waals surface area contributed by atoms with Gasteiger partial charge >= 0.3 is 6.16 Å². The van der Waals surface area contributed by atoms with E-state index in [1.807, 2.05) is 13.8 Å². The minimum atomic E-state index is -1.14. The zero-order valence-corrected chi connectivity index (χ0v) is 19.3. The van der Waals surface area contributed by atoms with Gasteiger partial charge in [-0.15, -0.1) is 0 Å². The number of carboxylic acid groups (broad SMARTS) is 1. The van der Waals surface area contributed by atoms with E-state index in [9.17, 15) is 4.79 Å². The van der Waals surface area contributed by atoms with Gasteiger partial charge in [0.1, 0.15) is 0 Å². The average molecular weight is 385 g/mol. The summed E-state index contributed by atoms with van der Waals surface area (Å²) in [6.45, 7) is 16.0. The summed E-state index contributed by atoms with van der Waals surface area (Å²) in [5.74, 6) is 5.07. The van der Waals surface area contributed by atoms with E-state index in [0.29, 0.717) is 12.5 Å². The first-order valence-corrected chi connectivity index (χ1v) is 11.7. The maximum Gasteiger partial charge on any atom is 0.505 e. The molecule has 3 heteroatoms. The van der Waals surface area contributed by atoms with Gasteiger partial charge in [0.15, 0.2) is 0 Å². The lowest BCUT2D eigenvalue weighted by Gasteiger charge is -2.30. The average Bonchev–Trinajstić information content (AvgIpc) is 2.68. The molecule has 0 radical (unpaired) electrons. The molecule has 0 saturated heterocycles. The lowest BCUT2D eigenvalue weighted by Crippen LogP contribution is -2.22. The highest BCUT2D eigenvalue weighted by molar-refractivity contribution is 5.56. The zero-order valence-electron chi connectivity index (χ0n) is 19.3. The van der Waals surface area contributed by atoms with Crippen molar-refractivity contribution in [1.82, 2.24) is 0 Å². The largest absolute Gasteiger partial charge is 0.505 e. The van der Waals surface area contributed by atoms with Crippen LogP contribution < -0.4 is 0 Å². The van der Waals surface area contributed by atoms with Crippen LogP contribution in [0.1, 0.15) is 106 Å². The Morgan fingerprint density at radius 3 is 1.48 bits per heavy atom. The normalized spacial score (nSPS) is 27.9. The highest BCUT2D eigenvalue weighted by atomic mass is 16.7. The molecule has 1 N–H and O–H groups in total. The van der Waals surface area contributed by atoms with Gasteiger partial charge in [0.05, 0.1) is 6.61 Å². The second-order valence-electron chi connectivity index (χ2n) is 9.03. The first-order chi connectivity index (χ1) is 12.8. The molecule has 0 aliphatic heterocycles. The van der Waals surface area contributed by atoms with Gasteiger partial charge in [-0.3, -0.25) is 0 Å². The highest BCUT2D eigenvalue weighted by Crippen LogP contribution is 2.34. The fraction of sp³-hybridized carbons (Fsp3) is 0.958. The summed E-state index contributed by atoms with van der Waals surface area (Å²) in [6, 6.07) is 0. The second kappa shape index (κ2) is 15.2. The van der Waals surface area contributed by atoms with Crippen molar-refractivity contribution in [3.63, 3.8) is 0 Å². The van der Waals surface area contributed by atoms with E-state index in [1.165, 1.54) is 44.9 Å². The first-order valence-electron chi connectivity index (χ1n) is 11.7. The Kier molecular flexibility index (Phi) is 14.8. The van der Waals surface area contributed by atoms with E-state index in [0.717, 1.165) is 42.4 Å². The highest BCUT2D eigenvalue weighted by Gasteiger charge is 2.24. The monoisotopic (exact) mass is 384 g/mol. The van der Waals surface area contributed by atoms with E-state index in [2.05, 4.69) is 39.4 Å². The van der Waals surface area contributed by atoms with Crippen LogP contribution in [0.5, 0.6) is 0 Å².